The SMILES string of the molecule is CC(CN)CN1CCN(CCCS(C)(=O)=O)CC1. The summed E-state index contributed by atoms with van der Waals surface area (Å²) in [5, 5.41) is 0. The maximum absolute atomic E-state index is 11.0. The Morgan fingerprint density at radius 3 is 2.22 bits per heavy atom. The molecule has 0 aromatic rings. The first-order valence-corrected chi connectivity index (χ1v) is 8.79. The molecule has 6 heteroatoms. The Morgan fingerprint density at radius 1 is 1.17 bits per heavy atom. The topological polar surface area (TPSA) is 66.6 Å². The van der Waals surface area contributed by atoms with Crippen LogP contribution in [0, 0.1) is 5.92 Å². The predicted molar refractivity (Wildman–Crippen MR) is 75.4 cm³/mol. The molecule has 108 valence electrons. The van der Waals surface area contributed by atoms with Gasteiger partial charge in [-0.3, -0.25) is 0 Å². The van der Waals surface area contributed by atoms with Crippen molar-refractivity contribution in [3.8, 4) is 0 Å². The quantitative estimate of drug-likeness (QED) is 0.688. The Bertz CT molecular complexity index is 324. The lowest BCUT2D eigenvalue weighted by Crippen LogP contribution is -2.48. The summed E-state index contributed by atoms with van der Waals surface area (Å²) in [6.07, 6.45) is 2.05. The summed E-state index contributed by atoms with van der Waals surface area (Å²) in [7, 11) is -2.81. The zero-order valence-electron chi connectivity index (χ0n) is 11.6. The van der Waals surface area contributed by atoms with E-state index in [1.165, 1.54) is 6.26 Å². The highest BCUT2D eigenvalue weighted by atomic mass is 32.2. The highest BCUT2D eigenvalue weighted by Crippen LogP contribution is 2.06. The fraction of sp³-hybridized carbons (Fsp3) is 1.00. The molecular weight excluding hydrogens is 250 g/mol. The molecule has 0 spiro atoms. The van der Waals surface area contributed by atoms with Crippen molar-refractivity contribution < 1.29 is 8.42 Å². The van der Waals surface area contributed by atoms with Gasteiger partial charge in [-0.2, -0.15) is 0 Å². The maximum Gasteiger partial charge on any atom is 0.147 e. The normalized spacial score (nSPS) is 21.1. The number of piperazine rings is 1. The molecule has 1 aliphatic heterocycles. The standard InChI is InChI=1S/C12H27N3O2S/c1-12(10-13)11-15-7-5-14(6-8-15)4-3-9-18(2,16)17/h12H,3-11,13H2,1-2H3. The second kappa shape index (κ2) is 7.43. The molecule has 1 rings (SSSR count). The smallest absolute Gasteiger partial charge is 0.147 e. The third-order valence-electron chi connectivity index (χ3n) is 3.43. The lowest BCUT2D eigenvalue weighted by atomic mass is 10.1. The molecule has 1 aliphatic rings. The maximum atomic E-state index is 11.0. The van der Waals surface area contributed by atoms with E-state index in [1.807, 2.05) is 0 Å². The van der Waals surface area contributed by atoms with Crippen molar-refractivity contribution in [3.05, 3.63) is 0 Å². The van der Waals surface area contributed by atoms with E-state index < -0.39 is 9.84 Å². The van der Waals surface area contributed by atoms with E-state index in [1.54, 1.807) is 0 Å². The Hall–Kier alpha value is -0.170. The number of nitrogens with zero attached hydrogens (tertiary/aromatic N) is 2. The van der Waals surface area contributed by atoms with E-state index in [0.29, 0.717) is 11.7 Å². The Morgan fingerprint density at radius 2 is 1.72 bits per heavy atom. The monoisotopic (exact) mass is 277 g/mol. The van der Waals surface area contributed by atoms with Gasteiger partial charge in [0.2, 0.25) is 0 Å². The first kappa shape index (κ1) is 15.9. The lowest BCUT2D eigenvalue weighted by Gasteiger charge is -2.35. The second-order valence-corrected chi connectivity index (χ2v) is 7.73. The van der Waals surface area contributed by atoms with E-state index >= 15 is 0 Å². The Balaban J connectivity index is 2.15. The highest BCUT2D eigenvalue weighted by molar-refractivity contribution is 7.90. The summed E-state index contributed by atoms with van der Waals surface area (Å²) in [6, 6.07) is 0. The molecule has 5 nitrogen and oxygen atoms in total. The fourth-order valence-electron chi connectivity index (χ4n) is 2.26. The van der Waals surface area contributed by atoms with E-state index in [-0.39, 0.29) is 0 Å². The van der Waals surface area contributed by atoms with Gasteiger partial charge in [0.1, 0.15) is 9.84 Å². The van der Waals surface area contributed by atoms with E-state index in [4.69, 9.17) is 5.73 Å². The number of hydrogen-bond acceptors (Lipinski definition) is 5. The van der Waals surface area contributed by atoms with Gasteiger partial charge in [0, 0.05) is 39.0 Å². The van der Waals surface area contributed by atoms with E-state index in [9.17, 15) is 8.42 Å². The van der Waals surface area contributed by atoms with Crippen LogP contribution in [0.3, 0.4) is 0 Å². The minimum absolute atomic E-state index is 0.303. The fourth-order valence-corrected chi connectivity index (χ4v) is 2.91. The molecule has 0 saturated carbocycles. The van der Waals surface area contributed by atoms with Gasteiger partial charge in [-0.15, -0.1) is 0 Å². The molecule has 1 heterocycles. The molecule has 0 aromatic heterocycles. The van der Waals surface area contributed by atoms with Crippen molar-refractivity contribution in [2.45, 2.75) is 13.3 Å². The van der Waals surface area contributed by atoms with Crippen molar-refractivity contribution >= 4 is 9.84 Å². The molecule has 18 heavy (non-hydrogen) atoms. The number of nitrogens with two attached hydrogens (primary N) is 1. The zero-order valence-corrected chi connectivity index (χ0v) is 12.5. The zero-order chi connectivity index (χ0) is 13.6. The predicted octanol–water partition coefficient (Wildman–Crippen LogP) is -0.366. The van der Waals surface area contributed by atoms with Gasteiger partial charge in [-0.25, -0.2) is 8.42 Å². The molecule has 0 radical (unpaired) electrons. The van der Waals surface area contributed by atoms with Crippen LogP contribution in [0.15, 0.2) is 0 Å². The molecule has 1 fully saturated rings. The summed E-state index contributed by atoms with van der Waals surface area (Å²) in [5.41, 5.74) is 5.63. The van der Waals surface area contributed by atoms with Gasteiger partial charge in [0.15, 0.2) is 0 Å². The molecule has 1 atom stereocenters. The molecule has 0 amide bonds. The highest BCUT2D eigenvalue weighted by Gasteiger charge is 2.18. The first-order chi connectivity index (χ1) is 8.40. The van der Waals surface area contributed by atoms with Crippen LogP contribution in [0.2, 0.25) is 0 Å². The molecule has 0 aliphatic carbocycles. The van der Waals surface area contributed by atoms with E-state index in [2.05, 4.69) is 16.7 Å². The van der Waals surface area contributed by atoms with Gasteiger partial charge in [0.05, 0.1) is 5.75 Å². The summed E-state index contributed by atoms with van der Waals surface area (Å²) in [5.74, 6) is 0.860. The van der Waals surface area contributed by atoms with Crippen molar-refractivity contribution in [2.75, 3.05) is 57.8 Å². The summed E-state index contributed by atoms with van der Waals surface area (Å²) in [6.45, 7) is 9.13. The number of rotatable bonds is 7. The number of hydrogen-bond donors (Lipinski definition) is 1. The molecular formula is C12H27N3O2S. The van der Waals surface area contributed by atoms with Crippen LogP contribution in [0.5, 0.6) is 0 Å². The van der Waals surface area contributed by atoms with Crippen molar-refractivity contribution in [2.24, 2.45) is 11.7 Å². The molecule has 0 aromatic carbocycles. The third kappa shape index (κ3) is 6.68. The average Bonchev–Trinajstić information content (AvgIpc) is 2.29. The average molecular weight is 277 g/mol. The van der Waals surface area contributed by atoms with Crippen LogP contribution >= 0.6 is 0 Å². The Kier molecular flexibility index (Phi) is 6.55. The van der Waals surface area contributed by atoms with Gasteiger partial charge >= 0.3 is 0 Å². The summed E-state index contributed by atoms with van der Waals surface area (Å²) in [4.78, 5) is 4.80. The van der Waals surface area contributed by atoms with Crippen LogP contribution in [-0.2, 0) is 9.84 Å². The van der Waals surface area contributed by atoms with Crippen molar-refractivity contribution in [1.29, 1.82) is 0 Å². The van der Waals surface area contributed by atoms with Crippen molar-refractivity contribution in [3.63, 3.8) is 0 Å². The van der Waals surface area contributed by atoms with Crippen molar-refractivity contribution in [1.82, 2.24) is 9.80 Å². The van der Waals surface area contributed by atoms with Crippen LogP contribution in [-0.4, -0.2) is 76.0 Å². The lowest BCUT2D eigenvalue weighted by molar-refractivity contribution is 0.121. The molecule has 1 saturated heterocycles. The van der Waals surface area contributed by atoms with Crippen LogP contribution in [0.1, 0.15) is 13.3 Å². The largest absolute Gasteiger partial charge is 0.330 e. The van der Waals surface area contributed by atoms with E-state index in [0.717, 1.165) is 52.2 Å². The molecule has 2 N–H and O–H groups in total. The van der Waals surface area contributed by atoms with Crippen LogP contribution in [0.4, 0.5) is 0 Å². The van der Waals surface area contributed by atoms with Gasteiger partial charge < -0.3 is 15.5 Å². The van der Waals surface area contributed by atoms with Gasteiger partial charge in [-0.1, -0.05) is 6.92 Å². The number of sulfone groups is 1. The second-order valence-electron chi connectivity index (χ2n) is 5.47. The Labute approximate surface area is 111 Å². The summed E-state index contributed by atoms with van der Waals surface area (Å²) >= 11 is 0. The van der Waals surface area contributed by atoms with Gasteiger partial charge in [-0.05, 0) is 25.4 Å². The van der Waals surface area contributed by atoms with Crippen LogP contribution in [0.25, 0.3) is 0 Å². The summed E-state index contributed by atoms with van der Waals surface area (Å²) < 4.78 is 22.1. The minimum Gasteiger partial charge on any atom is -0.330 e. The molecule has 0 bridgehead atoms. The third-order valence-corrected chi connectivity index (χ3v) is 4.46. The minimum atomic E-state index is -2.81. The van der Waals surface area contributed by atoms with Crippen LogP contribution < -0.4 is 5.73 Å². The molecule has 1 unspecified atom stereocenters. The first-order valence-electron chi connectivity index (χ1n) is 6.73. The van der Waals surface area contributed by atoms with Gasteiger partial charge in [0.25, 0.3) is 0 Å².